The Morgan fingerprint density at radius 3 is 2.53 bits per heavy atom. The summed E-state index contributed by atoms with van der Waals surface area (Å²) in [5.74, 6) is 0.336. The van der Waals surface area contributed by atoms with Gasteiger partial charge in [-0.15, -0.1) is 10.2 Å². The topological polar surface area (TPSA) is 139 Å². The van der Waals surface area contributed by atoms with Crippen LogP contribution in [0.3, 0.4) is 0 Å². The smallest absolute Gasteiger partial charge is 0.336 e. The van der Waals surface area contributed by atoms with Crippen LogP contribution in [-0.4, -0.2) is 89.0 Å². The maximum absolute atomic E-state index is 13.6. The first-order chi connectivity index (χ1) is 17.3. The third-order valence-corrected chi connectivity index (χ3v) is 8.74. The maximum Gasteiger partial charge on any atom is 0.336 e. The summed E-state index contributed by atoms with van der Waals surface area (Å²) >= 11 is 0. The molecule has 3 fully saturated rings. The van der Waals surface area contributed by atoms with Gasteiger partial charge in [0.15, 0.2) is 5.82 Å². The molecule has 1 unspecified atom stereocenters. The Balaban J connectivity index is 1.18. The highest BCUT2D eigenvalue weighted by Crippen LogP contribution is 2.52. The van der Waals surface area contributed by atoms with E-state index in [1.54, 1.807) is 11.8 Å². The molecule has 190 valence electrons. The molecular weight excluding hydrogens is 464 g/mol. The Hall–Kier alpha value is -3.25. The standard InChI is InChI=1S/C24H30N8O4/c1-13-14(2)21(32-12-25-28-29-32)27-26-20(13)19(33)10-31-16-4-5-17(31)9-24(8-16)6-7-30(23(24)35)18-11-36-22(34)15(18)3/h12,16-17,19,33H,4-11H2,1-3H3/t16-,17-,19?/m1/s1. The van der Waals surface area contributed by atoms with Crippen LogP contribution in [0.4, 0.5) is 0 Å². The highest BCUT2D eigenvalue weighted by Gasteiger charge is 2.56. The van der Waals surface area contributed by atoms with Gasteiger partial charge in [0.1, 0.15) is 19.0 Å². The molecule has 2 aromatic rings. The van der Waals surface area contributed by atoms with Gasteiger partial charge in [-0.1, -0.05) is 0 Å². The third kappa shape index (κ3) is 3.46. The number of likely N-dealkylation sites (tertiary alicyclic amines) is 1. The number of cyclic esters (lactones) is 1. The van der Waals surface area contributed by atoms with Gasteiger partial charge in [-0.25, -0.2) is 4.79 Å². The van der Waals surface area contributed by atoms with E-state index < -0.39 is 11.5 Å². The lowest BCUT2D eigenvalue weighted by Gasteiger charge is -2.44. The Morgan fingerprint density at radius 2 is 1.89 bits per heavy atom. The van der Waals surface area contributed by atoms with Crippen LogP contribution in [0.2, 0.25) is 0 Å². The molecule has 12 nitrogen and oxygen atoms in total. The summed E-state index contributed by atoms with van der Waals surface area (Å²) in [5, 5.41) is 31.0. The number of hydrogen-bond acceptors (Lipinski definition) is 10. The highest BCUT2D eigenvalue weighted by molar-refractivity contribution is 5.94. The number of piperidine rings is 1. The second kappa shape index (κ2) is 8.41. The van der Waals surface area contributed by atoms with Crippen molar-refractivity contribution in [3.8, 4) is 5.82 Å². The number of esters is 1. The summed E-state index contributed by atoms with van der Waals surface area (Å²) in [6, 6.07) is 0.461. The van der Waals surface area contributed by atoms with Crippen molar-refractivity contribution < 1.29 is 19.4 Å². The third-order valence-electron chi connectivity index (χ3n) is 8.74. The van der Waals surface area contributed by atoms with E-state index in [1.807, 2.05) is 13.8 Å². The predicted molar refractivity (Wildman–Crippen MR) is 124 cm³/mol. The van der Waals surface area contributed by atoms with Gasteiger partial charge >= 0.3 is 5.97 Å². The molecule has 3 atom stereocenters. The molecule has 1 N–H and O–H groups in total. The van der Waals surface area contributed by atoms with Crippen LogP contribution in [0.1, 0.15) is 62.0 Å². The molecule has 2 bridgehead atoms. The summed E-state index contributed by atoms with van der Waals surface area (Å²) in [4.78, 5) is 29.6. The van der Waals surface area contributed by atoms with Crippen molar-refractivity contribution in [1.82, 2.24) is 40.2 Å². The first-order valence-electron chi connectivity index (χ1n) is 12.5. The van der Waals surface area contributed by atoms with Gasteiger partial charge < -0.3 is 14.7 Å². The van der Waals surface area contributed by atoms with Crippen molar-refractivity contribution in [3.63, 3.8) is 0 Å². The van der Waals surface area contributed by atoms with Gasteiger partial charge in [0.25, 0.3) is 0 Å². The fourth-order valence-electron chi connectivity index (χ4n) is 6.63. The SMILES string of the molecule is CC1=C(N2CCC3(C[C@H]4CC[C@H](C3)N4CC(O)c3nnc(-n4cnnn4)c(C)c3C)C2=O)COC1=O. The second-order valence-corrected chi connectivity index (χ2v) is 10.6. The second-order valence-electron chi connectivity index (χ2n) is 10.6. The molecular formula is C24H30N8O4. The lowest BCUT2D eigenvalue weighted by Crippen LogP contribution is -2.51. The van der Waals surface area contributed by atoms with Crippen LogP contribution in [0, 0.1) is 19.3 Å². The lowest BCUT2D eigenvalue weighted by molar-refractivity contribution is -0.140. The summed E-state index contributed by atoms with van der Waals surface area (Å²) in [6.45, 7) is 6.85. The zero-order chi connectivity index (χ0) is 25.2. The van der Waals surface area contributed by atoms with Crippen LogP contribution in [-0.2, 0) is 14.3 Å². The molecule has 36 heavy (non-hydrogen) atoms. The summed E-state index contributed by atoms with van der Waals surface area (Å²) in [7, 11) is 0. The molecule has 4 aliphatic heterocycles. The Bertz CT molecular complexity index is 1250. The summed E-state index contributed by atoms with van der Waals surface area (Å²) < 4.78 is 6.61. The lowest BCUT2D eigenvalue weighted by atomic mass is 9.73. The van der Waals surface area contributed by atoms with Crippen molar-refractivity contribution in [2.45, 2.75) is 71.1 Å². The first kappa shape index (κ1) is 23.2. The number of aliphatic hydroxyl groups is 1. The number of fused-ring (bicyclic) bond motifs is 2. The maximum atomic E-state index is 13.6. The van der Waals surface area contributed by atoms with Gasteiger partial charge in [-0.05, 0) is 68.9 Å². The van der Waals surface area contributed by atoms with E-state index in [-0.39, 0.29) is 30.6 Å². The fourth-order valence-corrected chi connectivity index (χ4v) is 6.63. The fraction of sp³-hybridized carbons (Fsp3) is 0.625. The number of tetrazole rings is 1. The van der Waals surface area contributed by atoms with Crippen LogP contribution < -0.4 is 0 Å². The average Bonchev–Trinajstić information content (AvgIpc) is 3.61. The van der Waals surface area contributed by atoms with Crippen molar-refractivity contribution in [2.24, 2.45) is 5.41 Å². The molecule has 6 rings (SSSR count). The highest BCUT2D eigenvalue weighted by atomic mass is 16.5. The molecule has 0 aliphatic carbocycles. The van der Waals surface area contributed by atoms with Crippen molar-refractivity contribution in [2.75, 3.05) is 19.7 Å². The number of ether oxygens (including phenoxy) is 1. The van der Waals surface area contributed by atoms with Gasteiger partial charge in [-0.3, -0.25) is 9.69 Å². The summed E-state index contributed by atoms with van der Waals surface area (Å²) in [6.07, 6.45) is 5.04. The number of aromatic nitrogens is 6. The minimum Gasteiger partial charge on any atom is -0.456 e. The van der Waals surface area contributed by atoms with Crippen LogP contribution in [0.25, 0.3) is 5.82 Å². The zero-order valence-electron chi connectivity index (χ0n) is 20.7. The molecule has 0 saturated carbocycles. The van der Waals surface area contributed by atoms with Gasteiger partial charge in [-0.2, -0.15) is 9.78 Å². The van der Waals surface area contributed by atoms with Crippen LogP contribution in [0.15, 0.2) is 17.6 Å². The number of carbonyl (C=O) groups excluding carboxylic acids is 2. The minimum atomic E-state index is -0.790. The molecule has 6 heterocycles. The molecule has 0 aromatic carbocycles. The van der Waals surface area contributed by atoms with E-state index in [4.69, 9.17) is 4.74 Å². The molecule has 3 saturated heterocycles. The Labute approximate surface area is 208 Å². The molecule has 1 amide bonds. The van der Waals surface area contributed by atoms with E-state index in [0.717, 1.165) is 48.9 Å². The first-order valence-corrected chi connectivity index (χ1v) is 12.5. The Kier molecular flexibility index (Phi) is 5.41. The molecule has 12 heteroatoms. The zero-order valence-corrected chi connectivity index (χ0v) is 20.7. The van der Waals surface area contributed by atoms with Gasteiger partial charge in [0.05, 0.1) is 22.4 Å². The number of aliphatic hydroxyl groups excluding tert-OH is 1. The van der Waals surface area contributed by atoms with Crippen molar-refractivity contribution in [1.29, 1.82) is 0 Å². The van der Waals surface area contributed by atoms with E-state index in [0.29, 0.717) is 30.2 Å². The van der Waals surface area contributed by atoms with Crippen LogP contribution >= 0.6 is 0 Å². The van der Waals surface area contributed by atoms with Crippen molar-refractivity contribution >= 4 is 11.9 Å². The van der Waals surface area contributed by atoms with Crippen molar-refractivity contribution in [3.05, 3.63) is 34.4 Å². The minimum absolute atomic E-state index is 0.128. The van der Waals surface area contributed by atoms with E-state index >= 15 is 0 Å². The van der Waals surface area contributed by atoms with E-state index in [9.17, 15) is 14.7 Å². The number of rotatable bonds is 5. The molecule has 2 aromatic heterocycles. The van der Waals surface area contributed by atoms with Gasteiger partial charge in [0.2, 0.25) is 5.91 Å². The van der Waals surface area contributed by atoms with Crippen LogP contribution in [0.5, 0.6) is 0 Å². The molecule has 1 spiro atoms. The van der Waals surface area contributed by atoms with Gasteiger partial charge in [0, 0.05) is 30.7 Å². The number of carbonyl (C=O) groups is 2. The average molecular weight is 495 g/mol. The van der Waals surface area contributed by atoms with E-state index in [1.165, 1.54) is 11.0 Å². The summed E-state index contributed by atoms with van der Waals surface area (Å²) in [5.41, 5.74) is 3.15. The molecule has 0 radical (unpaired) electrons. The number of hydrogen-bond donors (Lipinski definition) is 1. The van der Waals surface area contributed by atoms with E-state index in [2.05, 4.69) is 30.6 Å². The quantitative estimate of drug-likeness (QED) is 0.593. The molecule has 4 aliphatic rings. The predicted octanol–water partition coefficient (Wildman–Crippen LogP) is 0.779. The number of nitrogens with zero attached hydrogens (tertiary/aromatic N) is 8. The normalized spacial score (nSPS) is 29.1. The number of amides is 1. The Morgan fingerprint density at radius 1 is 1.14 bits per heavy atom. The largest absolute Gasteiger partial charge is 0.456 e. The monoisotopic (exact) mass is 494 g/mol.